The molecule has 2 aromatic heterocycles. The number of carbonyl (C=O) groups is 1. The number of ether oxygens (including phenoxy) is 2. The Bertz CT molecular complexity index is 1010. The van der Waals surface area contributed by atoms with Gasteiger partial charge >= 0.3 is 0 Å². The number of nitrogen functional groups attached to an aromatic ring is 1. The first-order valence-corrected chi connectivity index (χ1v) is 10.6. The number of fused-ring (bicyclic) bond motifs is 3. The van der Waals surface area contributed by atoms with Crippen LogP contribution in [0.2, 0.25) is 0 Å². The number of anilines is 3. The number of methoxy groups -OCH3 is 1. The molecule has 2 heterocycles. The van der Waals surface area contributed by atoms with Crippen molar-refractivity contribution >= 4 is 57.8 Å². The zero-order valence-corrected chi connectivity index (χ0v) is 18.1. The SMILES string of the molecule is CCOC=O.COc1cc(N)c(S)cc1Nc1ncnc2sc3c(c12)CCCC3. The lowest BCUT2D eigenvalue weighted by atomic mass is 9.97. The van der Waals surface area contributed by atoms with E-state index in [0.717, 1.165) is 34.6 Å². The van der Waals surface area contributed by atoms with E-state index in [0.29, 0.717) is 29.4 Å². The van der Waals surface area contributed by atoms with Gasteiger partial charge < -0.3 is 20.5 Å². The number of thiophene rings is 1. The summed E-state index contributed by atoms with van der Waals surface area (Å²) in [6.07, 6.45) is 6.32. The van der Waals surface area contributed by atoms with Crippen molar-refractivity contribution in [2.45, 2.75) is 37.5 Å². The summed E-state index contributed by atoms with van der Waals surface area (Å²) in [6, 6.07) is 3.64. The van der Waals surface area contributed by atoms with E-state index in [9.17, 15) is 4.79 Å². The number of thiol groups is 1. The Labute approximate surface area is 179 Å². The van der Waals surface area contributed by atoms with Crippen LogP contribution in [0.25, 0.3) is 10.2 Å². The lowest BCUT2D eigenvalue weighted by Crippen LogP contribution is -2.02. The van der Waals surface area contributed by atoms with E-state index in [4.69, 9.17) is 10.5 Å². The van der Waals surface area contributed by atoms with Gasteiger partial charge in [-0.2, -0.15) is 0 Å². The summed E-state index contributed by atoms with van der Waals surface area (Å²) in [5.74, 6) is 1.48. The van der Waals surface area contributed by atoms with Gasteiger partial charge in [0.15, 0.2) is 0 Å². The standard InChI is InChI=1S/C17H18N4OS2.C3H6O2/c1-22-12-6-10(18)13(23)7-11(12)21-16-15-9-4-2-3-5-14(9)24-17(15)20-8-19-16;1-2-5-3-4/h6-8,23H,2-5,18H2,1H3,(H,19,20,21);3H,2H2,1H3. The first-order valence-electron chi connectivity index (χ1n) is 9.33. The lowest BCUT2D eigenvalue weighted by Gasteiger charge is -2.15. The van der Waals surface area contributed by atoms with E-state index in [2.05, 4.69) is 32.7 Å². The molecule has 7 nitrogen and oxygen atoms in total. The van der Waals surface area contributed by atoms with E-state index in [1.807, 2.05) is 6.07 Å². The zero-order valence-electron chi connectivity index (χ0n) is 16.4. The first-order chi connectivity index (χ1) is 14.1. The third-order valence-corrected chi connectivity index (χ3v) is 6.18. The lowest BCUT2D eigenvalue weighted by molar-refractivity contribution is -0.128. The number of carbonyl (C=O) groups excluding carboxylic acids is 1. The van der Waals surface area contributed by atoms with Gasteiger partial charge in [0, 0.05) is 21.5 Å². The van der Waals surface area contributed by atoms with Crippen molar-refractivity contribution < 1.29 is 14.3 Å². The Balaban J connectivity index is 0.000000431. The molecule has 1 aliphatic rings. The summed E-state index contributed by atoms with van der Waals surface area (Å²) in [7, 11) is 1.63. The normalized spacial score (nSPS) is 12.5. The van der Waals surface area contributed by atoms with Crippen LogP contribution in [0.1, 0.15) is 30.2 Å². The van der Waals surface area contributed by atoms with E-state index >= 15 is 0 Å². The number of aryl methyl sites for hydroxylation is 2. The quantitative estimate of drug-likeness (QED) is 0.313. The number of nitrogens with two attached hydrogens (primary N) is 1. The molecule has 29 heavy (non-hydrogen) atoms. The Morgan fingerprint density at radius 3 is 2.79 bits per heavy atom. The summed E-state index contributed by atoms with van der Waals surface area (Å²) < 4.78 is 9.60. The molecule has 0 spiro atoms. The van der Waals surface area contributed by atoms with Crippen molar-refractivity contribution in [2.75, 3.05) is 24.8 Å². The van der Waals surface area contributed by atoms with Crippen molar-refractivity contribution in [3.8, 4) is 5.75 Å². The van der Waals surface area contributed by atoms with Gasteiger partial charge in [-0.25, -0.2) is 9.97 Å². The molecule has 0 saturated heterocycles. The fraction of sp³-hybridized carbons (Fsp3) is 0.350. The number of hydrogen-bond donors (Lipinski definition) is 3. The fourth-order valence-corrected chi connectivity index (χ4v) is 4.65. The summed E-state index contributed by atoms with van der Waals surface area (Å²) >= 11 is 6.19. The third-order valence-electron chi connectivity index (χ3n) is 4.59. The molecule has 3 N–H and O–H groups in total. The highest BCUT2D eigenvalue weighted by atomic mass is 32.1. The topological polar surface area (TPSA) is 99.4 Å². The number of nitrogens with zero attached hydrogens (tertiary/aromatic N) is 2. The fourth-order valence-electron chi connectivity index (χ4n) is 3.23. The second-order valence-electron chi connectivity index (χ2n) is 6.40. The summed E-state index contributed by atoms with van der Waals surface area (Å²) in [5.41, 5.74) is 8.69. The van der Waals surface area contributed by atoms with Gasteiger partial charge in [0.1, 0.15) is 22.7 Å². The van der Waals surface area contributed by atoms with E-state index in [1.54, 1.807) is 37.8 Å². The molecule has 0 saturated carbocycles. The maximum atomic E-state index is 9.18. The molecule has 1 aromatic carbocycles. The predicted octanol–water partition coefficient (Wildman–Crippen LogP) is 4.37. The second kappa shape index (κ2) is 9.80. The van der Waals surface area contributed by atoms with Crippen molar-refractivity contribution in [3.05, 3.63) is 28.9 Å². The maximum Gasteiger partial charge on any atom is 0.293 e. The Hall–Kier alpha value is -2.52. The molecule has 0 bridgehead atoms. The summed E-state index contributed by atoms with van der Waals surface area (Å²) in [5, 5.41) is 4.53. The Morgan fingerprint density at radius 2 is 2.10 bits per heavy atom. The molecule has 3 aromatic rings. The van der Waals surface area contributed by atoms with Crippen LogP contribution in [0.3, 0.4) is 0 Å². The van der Waals surface area contributed by atoms with Crippen molar-refractivity contribution in [1.29, 1.82) is 0 Å². The van der Waals surface area contributed by atoms with Crippen LogP contribution in [-0.4, -0.2) is 30.2 Å². The molecule has 0 fully saturated rings. The van der Waals surface area contributed by atoms with Gasteiger partial charge in [-0.15, -0.1) is 24.0 Å². The van der Waals surface area contributed by atoms with Gasteiger partial charge in [0.05, 0.1) is 24.8 Å². The molecule has 0 amide bonds. The van der Waals surface area contributed by atoms with Crippen LogP contribution in [0, 0.1) is 0 Å². The smallest absolute Gasteiger partial charge is 0.293 e. The minimum atomic E-state index is 0.431. The van der Waals surface area contributed by atoms with Gasteiger partial charge in [-0.1, -0.05) is 0 Å². The van der Waals surface area contributed by atoms with Gasteiger partial charge in [0.25, 0.3) is 6.47 Å². The van der Waals surface area contributed by atoms with E-state index in [1.165, 1.54) is 23.3 Å². The van der Waals surface area contributed by atoms with E-state index < -0.39 is 0 Å². The monoisotopic (exact) mass is 432 g/mol. The number of nitrogens with one attached hydrogen (secondary N) is 1. The largest absolute Gasteiger partial charge is 0.494 e. The number of benzene rings is 1. The summed E-state index contributed by atoms with van der Waals surface area (Å²) in [4.78, 5) is 21.3. The van der Waals surface area contributed by atoms with Gasteiger partial charge in [-0.3, -0.25) is 4.79 Å². The van der Waals surface area contributed by atoms with Crippen LogP contribution in [-0.2, 0) is 22.4 Å². The number of aromatic nitrogens is 2. The first kappa shape index (κ1) is 21.2. The van der Waals surface area contributed by atoms with Gasteiger partial charge in [-0.05, 0) is 44.2 Å². The van der Waals surface area contributed by atoms with Crippen LogP contribution >= 0.6 is 24.0 Å². The molecule has 0 radical (unpaired) electrons. The minimum absolute atomic E-state index is 0.431. The maximum absolute atomic E-state index is 9.18. The van der Waals surface area contributed by atoms with Crippen molar-refractivity contribution in [2.24, 2.45) is 0 Å². The van der Waals surface area contributed by atoms with Gasteiger partial charge in [0.2, 0.25) is 0 Å². The summed E-state index contributed by atoms with van der Waals surface area (Å²) in [6.45, 7) is 2.66. The molecule has 9 heteroatoms. The van der Waals surface area contributed by atoms with E-state index in [-0.39, 0.29) is 0 Å². The number of hydrogen-bond acceptors (Lipinski definition) is 9. The predicted molar refractivity (Wildman–Crippen MR) is 120 cm³/mol. The highest BCUT2D eigenvalue weighted by molar-refractivity contribution is 7.80. The number of rotatable bonds is 5. The molecule has 1 aliphatic carbocycles. The molecule has 0 unspecified atom stereocenters. The highest BCUT2D eigenvalue weighted by Gasteiger charge is 2.20. The average molecular weight is 433 g/mol. The van der Waals surface area contributed by atoms with Crippen LogP contribution in [0.4, 0.5) is 17.2 Å². The molecule has 154 valence electrons. The molecular weight excluding hydrogens is 408 g/mol. The highest BCUT2D eigenvalue weighted by Crippen LogP contribution is 2.40. The minimum Gasteiger partial charge on any atom is -0.494 e. The molecule has 0 atom stereocenters. The molecule has 0 aliphatic heterocycles. The van der Waals surface area contributed by atoms with Crippen molar-refractivity contribution in [1.82, 2.24) is 9.97 Å². The zero-order chi connectivity index (χ0) is 20.8. The second-order valence-corrected chi connectivity index (χ2v) is 7.97. The van der Waals surface area contributed by atoms with Crippen LogP contribution in [0.15, 0.2) is 23.4 Å². The average Bonchev–Trinajstić information content (AvgIpc) is 3.11. The Kier molecular flexibility index (Phi) is 7.16. The molecule has 4 rings (SSSR count). The third kappa shape index (κ3) is 4.73. The van der Waals surface area contributed by atoms with Crippen LogP contribution in [0.5, 0.6) is 5.75 Å². The van der Waals surface area contributed by atoms with Crippen molar-refractivity contribution in [3.63, 3.8) is 0 Å². The van der Waals surface area contributed by atoms with Crippen LogP contribution < -0.4 is 15.8 Å². The Morgan fingerprint density at radius 1 is 1.31 bits per heavy atom. The molecular formula is C20H24N4O3S2.